The zero-order valence-corrected chi connectivity index (χ0v) is 16.9. The molecule has 0 aliphatic carbocycles. The fraction of sp³-hybridized carbons (Fsp3) is 0.0625. The lowest BCUT2D eigenvalue weighted by molar-refractivity contribution is -0.113. The van der Waals surface area contributed by atoms with Crippen LogP contribution in [0.1, 0.15) is 0 Å². The van der Waals surface area contributed by atoms with Crippen LogP contribution in [0.4, 0.5) is 10.1 Å². The SMILES string of the molecule is O=C(CSc1nn(-c2ccc(F)cc2)c(=S)s1)Nc1c(Cl)cccc1Cl. The van der Waals surface area contributed by atoms with Gasteiger partial charge in [0.1, 0.15) is 5.82 Å². The standard InChI is InChI=1S/C16H10Cl2FN3OS3/c17-11-2-1-3-12(18)14(11)20-13(23)8-25-15-21-22(16(24)26-15)10-6-4-9(19)5-7-10/h1-7H,8H2,(H,20,23). The Kier molecular flexibility index (Phi) is 6.31. The average molecular weight is 446 g/mol. The van der Waals surface area contributed by atoms with Crippen LogP contribution < -0.4 is 5.32 Å². The van der Waals surface area contributed by atoms with Crippen LogP contribution in [0.5, 0.6) is 0 Å². The smallest absolute Gasteiger partial charge is 0.234 e. The van der Waals surface area contributed by atoms with Crippen molar-refractivity contribution >= 4 is 70.1 Å². The summed E-state index contributed by atoms with van der Waals surface area (Å²) >= 11 is 19.9. The molecule has 3 rings (SSSR count). The van der Waals surface area contributed by atoms with Gasteiger partial charge >= 0.3 is 0 Å². The first kappa shape index (κ1) is 19.3. The maximum Gasteiger partial charge on any atom is 0.234 e. The molecule has 1 heterocycles. The number of nitrogens with one attached hydrogen (secondary N) is 1. The molecule has 0 saturated heterocycles. The fourth-order valence-electron chi connectivity index (χ4n) is 1.98. The van der Waals surface area contributed by atoms with Crippen molar-refractivity contribution < 1.29 is 9.18 Å². The third-order valence-electron chi connectivity index (χ3n) is 3.15. The van der Waals surface area contributed by atoms with E-state index < -0.39 is 0 Å². The molecule has 26 heavy (non-hydrogen) atoms. The number of hydrogen-bond donors (Lipinski definition) is 1. The highest BCUT2D eigenvalue weighted by molar-refractivity contribution is 8.01. The number of nitrogens with zero attached hydrogens (tertiary/aromatic N) is 2. The topological polar surface area (TPSA) is 46.9 Å². The second-order valence-corrected chi connectivity index (χ2v) is 8.62. The summed E-state index contributed by atoms with van der Waals surface area (Å²) in [4.78, 5) is 12.1. The van der Waals surface area contributed by atoms with Crippen molar-refractivity contribution in [1.29, 1.82) is 0 Å². The summed E-state index contributed by atoms with van der Waals surface area (Å²) in [7, 11) is 0. The van der Waals surface area contributed by atoms with Gasteiger partial charge in [0.2, 0.25) is 5.91 Å². The van der Waals surface area contributed by atoms with Crippen molar-refractivity contribution in [1.82, 2.24) is 9.78 Å². The fourth-order valence-corrected chi connectivity index (χ4v) is 4.64. The highest BCUT2D eigenvalue weighted by Gasteiger charge is 2.12. The third-order valence-corrected chi connectivity index (χ3v) is 6.15. The van der Waals surface area contributed by atoms with Crippen LogP contribution in [-0.2, 0) is 4.79 Å². The molecule has 10 heteroatoms. The molecule has 0 aliphatic rings. The molecule has 0 fully saturated rings. The summed E-state index contributed by atoms with van der Waals surface area (Å²) < 4.78 is 15.7. The van der Waals surface area contributed by atoms with Gasteiger partial charge in [0.15, 0.2) is 8.29 Å². The van der Waals surface area contributed by atoms with E-state index in [1.54, 1.807) is 30.3 Å². The minimum Gasteiger partial charge on any atom is -0.323 e. The summed E-state index contributed by atoms with van der Waals surface area (Å²) in [6.07, 6.45) is 0. The Morgan fingerprint density at radius 2 is 1.88 bits per heavy atom. The van der Waals surface area contributed by atoms with E-state index in [0.29, 0.717) is 29.7 Å². The average Bonchev–Trinajstić information content (AvgIpc) is 2.98. The third kappa shape index (κ3) is 4.63. The Labute approximate surface area is 171 Å². The molecule has 1 aromatic heterocycles. The van der Waals surface area contributed by atoms with Crippen molar-refractivity contribution in [2.24, 2.45) is 0 Å². The van der Waals surface area contributed by atoms with Gasteiger partial charge in [-0.05, 0) is 48.6 Å². The summed E-state index contributed by atoms with van der Waals surface area (Å²) in [5, 5.41) is 7.79. The second kappa shape index (κ2) is 8.49. The molecular formula is C16H10Cl2FN3OS3. The number of halogens is 3. The molecular weight excluding hydrogens is 436 g/mol. The number of rotatable bonds is 5. The molecule has 0 bridgehead atoms. The predicted octanol–water partition coefficient (Wildman–Crippen LogP) is 5.84. The minimum absolute atomic E-state index is 0.118. The van der Waals surface area contributed by atoms with E-state index in [2.05, 4.69) is 10.4 Å². The lowest BCUT2D eigenvalue weighted by Gasteiger charge is -2.08. The highest BCUT2D eigenvalue weighted by Crippen LogP contribution is 2.30. The first-order chi connectivity index (χ1) is 12.4. The largest absolute Gasteiger partial charge is 0.323 e. The quantitative estimate of drug-likeness (QED) is 0.395. The molecule has 0 atom stereocenters. The Morgan fingerprint density at radius 3 is 2.54 bits per heavy atom. The Morgan fingerprint density at radius 1 is 1.23 bits per heavy atom. The van der Waals surface area contributed by atoms with Crippen LogP contribution in [0.15, 0.2) is 46.8 Å². The van der Waals surface area contributed by atoms with E-state index >= 15 is 0 Å². The first-order valence-corrected chi connectivity index (χ1v) is 10.1. The van der Waals surface area contributed by atoms with Crippen LogP contribution in [0.3, 0.4) is 0 Å². The summed E-state index contributed by atoms with van der Waals surface area (Å²) in [6.45, 7) is 0. The van der Waals surface area contributed by atoms with Gasteiger partial charge in [-0.15, -0.1) is 5.10 Å². The van der Waals surface area contributed by atoms with Gasteiger partial charge < -0.3 is 5.32 Å². The second-order valence-electron chi connectivity index (χ2n) is 4.96. The lowest BCUT2D eigenvalue weighted by atomic mass is 10.3. The number of carbonyl (C=O) groups is 1. The predicted molar refractivity (Wildman–Crippen MR) is 108 cm³/mol. The zero-order chi connectivity index (χ0) is 18.7. The lowest BCUT2D eigenvalue weighted by Crippen LogP contribution is -2.14. The van der Waals surface area contributed by atoms with Crippen LogP contribution in [0.25, 0.3) is 5.69 Å². The normalized spacial score (nSPS) is 10.7. The molecule has 0 unspecified atom stereocenters. The molecule has 134 valence electrons. The van der Waals surface area contributed by atoms with Gasteiger partial charge in [-0.1, -0.05) is 52.4 Å². The number of anilines is 1. The molecule has 0 spiro atoms. The van der Waals surface area contributed by atoms with Gasteiger partial charge in [-0.25, -0.2) is 9.07 Å². The van der Waals surface area contributed by atoms with E-state index in [-0.39, 0.29) is 17.5 Å². The minimum atomic E-state index is -0.333. The molecule has 1 amide bonds. The summed E-state index contributed by atoms with van der Waals surface area (Å²) in [6, 6.07) is 10.8. The van der Waals surface area contributed by atoms with Gasteiger partial charge in [0, 0.05) is 0 Å². The van der Waals surface area contributed by atoms with Gasteiger partial charge in [0.05, 0.1) is 27.2 Å². The zero-order valence-electron chi connectivity index (χ0n) is 12.9. The van der Waals surface area contributed by atoms with Crippen molar-refractivity contribution in [2.75, 3.05) is 11.1 Å². The van der Waals surface area contributed by atoms with Gasteiger partial charge in [-0.3, -0.25) is 4.79 Å². The number of para-hydroxylation sites is 1. The van der Waals surface area contributed by atoms with Crippen molar-refractivity contribution in [3.63, 3.8) is 0 Å². The van der Waals surface area contributed by atoms with Gasteiger partial charge in [-0.2, -0.15) is 0 Å². The van der Waals surface area contributed by atoms with E-state index in [1.807, 2.05) is 0 Å². The van der Waals surface area contributed by atoms with Crippen LogP contribution in [0, 0.1) is 9.77 Å². The Bertz CT molecular complexity index is 984. The molecule has 0 radical (unpaired) electrons. The maximum atomic E-state index is 13.0. The molecule has 2 aromatic carbocycles. The van der Waals surface area contributed by atoms with E-state index in [4.69, 9.17) is 35.4 Å². The Balaban J connectivity index is 1.67. The molecule has 4 nitrogen and oxygen atoms in total. The Hall–Kier alpha value is -1.45. The van der Waals surface area contributed by atoms with E-state index in [0.717, 1.165) is 0 Å². The number of hydrogen-bond acceptors (Lipinski definition) is 5. The summed E-state index contributed by atoms with van der Waals surface area (Å²) in [5.41, 5.74) is 1.04. The molecule has 0 saturated carbocycles. The van der Waals surface area contributed by atoms with Crippen molar-refractivity contribution in [2.45, 2.75) is 4.34 Å². The summed E-state index contributed by atoms with van der Waals surface area (Å²) in [5.74, 6) is -0.479. The van der Waals surface area contributed by atoms with Crippen LogP contribution >= 0.6 is 58.5 Å². The van der Waals surface area contributed by atoms with E-state index in [1.165, 1.54) is 39.9 Å². The van der Waals surface area contributed by atoms with Crippen LogP contribution in [0.2, 0.25) is 10.0 Å². The molecule has 1 N–H and O–H groups in total. The number of thioether (sulfide) groups is 1. The highest BCUT2D eigenvalue weighted by atomic mass is 35.5. The number of aromatic nitrogens is 2. The van der Waals surface area contributed by atoms with Crippen molar-refractivity contribution in [3.8, 4) is 5.69 Å². The number of carbonyl (C=O) groups excluding carboxylic acids is 1. The number of amides is 1. The van der Waals surface area contributed by atoms with Crippen LogP contribution in [-0.4, -0.2) is 21.4 Å². The number of benzene rings is 2. The van der Waals surface area contributed by atoms with Crippen molar-refractivity contribution in [3.05, 3.63) is 62.3 Å². The van der Waals surface area contributed by atoms with Gasteiger partial charge in [0.25, 0.3) is 0 Å². The molecule has 0 aliphatic heterocycles. The molecule has 3 aromatic rings. The monoisotopic (exact) mass is 445 g/mol. The van der Waals surface area contributed by atoms with E-state index in [9.17, 15) is 9.18 Å². The first-order valence-electron chi connectivity index (χ1n) is 7.17. The maximum absolute atomic E-state index is 13.0.